The van der Waals surface area contributed by atoms with Gasteiger partial charge in [0.1, 0.15) is 11.5 Å². The first-order valence-corrected chi connectivity index (χ1v) is 7.77. The molecule has 1 aromatic heterocycles. The topological polar surface area (TPSA) is 71.3 Å². The second-order valence-electron chi connectivity index (χ2n) is 5.31. The molecule has 0 spiro atoms. The average molecular weight is 274 g/mol. The summed E-state index contributed by atoms with van der Waals surface area (Å²) in [5.41, 5.74) is -0.538. The van der Waals surface area contributed by atoms with Crippen molar-refractivity contribution in [2.75, 3.05) is 12.8 Å². The lowest BCUT2D eigenvalue weighted by Gasteiger charge is -2.27. The summed E-state index contributed by atoms with van der Waals surface area (Å²) in [6, 6.07) is 3.87. The normalized spacial score (nSPS) is 14.7. The largest absolute Gasteiger partial charge is 0.465 e. The fourth-order valence-electron chi connectivity index (χ4n) is 1.73. The van der Waals surface area contributed by atoms with Gasteiger partial charge in [-0.05, 0) is 39.8 Å². The van der Waals surface area contributed by atoms with Gasteiger partial charge in [-0.3, -0.25) is 0 Å². The monoisotopic (exact) mass is 274 g/mol. The Balaban J connectivity index is 2.54. The van der Waals surface area contributed by atoms with E-state index in [1.807, 2.05) is 39.8 Å². The number of hydrogen-bond donors (Lipinski definition) is 2. The van der Waals surface area contributed by atoms with E-state index in [1.54, 1.807) is 0 Å². The van der Waals surface area contributed by atoms with Crippen LogP contribution in [0.25, 0.3) is 0 Å². The van der Waals surface area contributed by atoms with Gasteiger partial charge in [-0.1, -0.05) is 0 Å². The minimum atomic E-state index is -3.20. The number of sulfonamides is 1. The third-order valence-electron chi connectivity index (χ3n) is 2.50. The van der Waals surface area contributed by atoms with Gasteiger partial charge < -0.3 is 9.73 Å². The third kappa shape index (κ3) is 5.20. The maximum absolute atomic E-state index is 11.2. The Hall–Kier alpha value is -0.850. The summed E-state index contributed by atoms with van der Waals surface area (Å²) in [5.74, 6) is 1.72. The van der Waals surface area contributed by atoms with Crippen molar-refractivity contribution in [2.45, 2.75) is 39.3 Å². The van der Waals surface area contributed by atoms with E-state index in [-0.39, 0.29) is 6.04 Å². The lowest BCUT2D eigenvalue weighted by molar-refractivity contribution is 0.364. The van der Waals surface area contributed by atoms with Crippen molar-refractivity contribution >= 4 is 10.0 Å². The highest BCUT2D eigenvalue weighted by molar-refractivity contribution is 7.88. The minimum absolute atomic E-state index is 0.0411. The van der Waals surface area contributed by atoms with Crippen molar-refractivity contribution in [3.8, 4) is 0 Å². The van der Waals surface area contributed by atoms with Crippen LogP contribution < -0.4 is 10.0 Å². The molecule has 5 nitrogen and oxygen atoms in total. The van der Waals surface area contributed by atoms with E-state index in [1.165, 1.54) is 0 Å². The lowest BCUT2D eigenvalue weighted by atomic mass is 10.1. The number of nitrogens with one attached hydrogen (secondary N) is 2. The van der Waals surface area contributed by atoms with Crippen molar-refractivity contribution in [2.24, 2.45) is 0 Å². The molecule has 2 N–H and O–H groups in total. The molecular weight excluding hydrogens is 252 g/mol. The van der Waals surface area contributed by atoms with Gasteiger partial charge in [0.2, 0.25) is 10.0 Å². The molecule has 1 atom stereocenters. The highest BCUT2D eigenvalue weighted by atomic mass is 32.2. The maximum Gasteiger partial charge on any atom is 0.209 e. The minimum Gasteiger partial charge on any atom is -0.465 e. The van der Waals surface area contributed by atoms with Gasteiger partial charge in [-0.25, -0.2) is 13.1 Å². The van der Waals surface area contributed by atoms with Crippen molar-refractivity contribution in [1.29, 1.82) is 0 Å². The van der Waals surface area contributed by atoms with Gasteiger partial charge >= 0.3 is 0 Å². The zero-order valence-corrected chi connectivity index (χ0v) is 12.4. The van der Waals surface area contributed by atoms with Gasteiger partial charge in [0.25, 0.3) is 0 Å². The molecule has 0 bridgehead atoms. The molecule has 6 heteroatoms. The fourth-order valence-corrected chi connectivity index (χ4v) is 2.81. The molecule has 0 saturated heterocycles. The van der Waals surface area contributed by atoms with Crippen LogP contribution in [-0.4, -0.2) is 26.8 Å². The summed E-state index contributed by atoms with van der Waals surface area (Å²) in [4.78, 5) is 0. The molecule has 104 valence electrons. The highest BCUT2D eigenvalue weighted by Crippen LogP contribution is 2.16. The standard InChI is InChI=1S/C12H22N2O3S/c1-9-6-7-11(17-9)10(2)13-8-12(3,4)14-18(5,15)16/h6-7,10,13-14H,8H2,1-5H3. The van der Waals surface area contributed by atoms with E-state index in [4.69, 9.17) is 4.42 Å². The molecule has 1 heterocycles. The summed E-state index contributed by atoms with van der Waals surface area (Å²) in [6.45, 7) is 8.06. The number of hydrogen-bond acceptors (Lipinski definition) is 4. The molecule has 0 saturated carbocycles. The van der Waals surface area contributed by atoms with E-state index >= 15 is 0 Å². The summed E-state index contributed by atoms with van der Waals surface area (Å²) < 4.78 is 30.5. The van der Waals surface area contributed by atoms with Crippen LogP contribution in [0.15, 0.2) is 16.5 Å². The van der Waals surface area contributed by atoms with Crippen molar-refractivity contribution in [1.82, 2.24) is 10.0 Å². The molecule has 1 rings (SSSR count). The van der Waals surface area contributed by atoms with Crippen molar-refractivity contribution in [3.05, 3.63) is 23.7 Å². The molecule has 0 aliphatic rings. The lowest BCUT2D eigenvalue weighted by Crippen LogP contribution is -2.50. The second kappa shape index (κ2) is 5.42. The maximum atomic E-state index is 11.2. The Morgan fingerprint density at radius 2 is 2.00 bits per heavy atom. The first-order chi connectivity index (χ1) is 8.09. The van der Waals surface area contributed by atoms with Gasteiger partial charge in [0.15, 0.2) is 0 Å². The van der Waals surface area contributed by atoms with E-state index in [0.717, 1.165) is 17.8 Å². The molecule has 0 fully saturated rings. The van der Waals surface area contributed by atoms with Crippen LogP contribution in [-0.2, 0) is 10.0 Å². The molecule has 0 aromatic carbocycles. The Labute approximate surface area is 109 Å². The predicted molar refractivity (Wildman–Crippen MR) is 71.9 cm³/mol. The molecule has 0 aliphatic carbocycles. The number of aryl methyl sites for hydroxylation is 1. The van der Waals surface area contributed by atoms with Crippen LogP contribution in [0.1, 0.15) is 38.3 Å². The number of furan rings is 1. The van der Waals surface area contributed by atoms with Crippen LogP contribution in [0.3, 0.4) is 0 Å². The molecular formula is C12H22N2O3S. The van der Waals surface area contributed by atoms with E-state index in [9.17, 15) is 8.42 Å². The summed E-state index contributed by atoms with van der Waals surface area (Å²) >= 11 is 0. The summed E-state index contributed by atoms with van der Waals surface area (Å²) in [5, 5.41) is 3.25. The highest BCUT2D eigenvalue weighted by Gasteiger charge is 2.23. The Morgan fingerprint density at radius 1 is 1.39 bits per heavy atom. The molecule has 18 heavy (non-hydrogen) atoms. The van der Waals surface area contributed by atoms with E-state index < -0.39 is 15.6 Å². The predicted octanol–water partition coefficient (Wildman–Crippen LogP) is 1.57. The zero-order valence-electron chi connectivity index (χ0n) is 11.6. The number of rotatable bonds is 6. The Morgan fingerprint density at radius 3 is 2.44 bits per heavy atom. The first-order valence-electron chi connectivity index (χ1n) is 5.88. The van der Waals surface area contributed by atoms with Gasteiger partial charge in [0.05, 0.1) is 12.3 Å². The SMILES string of the molecule is Cc1ccc(C(C)NCC(C)(C)NS(C)(=O)=O)o1. The van der Waals surface area contributed by atoms with E-state index in [2.05, 4.69) is 10.0 Å². The van der Waals surface area contributed by atoms with Crippen LogP contribution in [0.5, 0.6) is 0 Å². The molecule has 0 aliphatic heterocycles. The molecule has 1 unspecified atom stereocenters. The summed E-state index contributed by atoms with van der Waals surface area (Å²) in [7, 11) is -3.20. The van der Waals surface area contributed by atoms with Crippen molar-refractivity contribution in [3.63, 3.8) is 0 Å². The van der Waals surface area contributed by atoms with Crippen LogP contribution in [0, 0.1) is 6.92 Å². The third-order valence-corrected chi connectivity index (χ3v) is 3.42. The summed E-state index contributed by atoms with van der Waals surface area (Å²) in [6.07, 6.45) is 1.16. The van der Waals surface area contributed by atoms with Gasteiger partial charge in [-0.15, -0.1) is 0 Å². The quantitative estimate of drug-likeness (QED) is 0.826. The van der Waals surface area contributed by atoms with Gasteiger partial charge in [-0.2, -0.15) is 0 Å². The van der Waals surface area contributed by atoms with Gasteiger partial charge in [0, 0.05) is 12.1 Å². The zero-order chi connectivity index (χ0) is 14.0. The fraction of sp³-hybridized carbons (Fsp3) is 0.667. The first kappa shape index (κ1) is 15.2. The van der Waals surface area contributed by atoms with Crippen LogP contribution >= 0.6 is 0 Å². The Bertz CT molecular complexity index is 491. The van der Waals surface area contributed by atoms with Crippen LogP contribution in [0.4, 0.5) is 0 Å². The Kier molecular flexibility index (Phi) is 4.58. The van der Waals surface area contributed by atoms with E-state index in [0.29, 0.717) is 6.54 Å². The molecule has 0 amide bonds. The smallest absolute Gasteiger partial charge is 0.209 e. The van der Waals surface area contributed by atoms with Crippen LogP contribution in [0.2, 0.25) is 0 Å². The second-order valence-corrected chi connectivity index (χ2v) is 7.06. The average Bonchev–Trinajstić information content (AvgIpc) is 2.57. The molecule has 0 radical (unpaired) electrons. The van der Waals surface area contributed by atoms with Crippen molar-refractivity contribution < 1.29 is 12.8 Å². The molecule has 1 aromatic rings.